The molecule has 1 saturated heterocycles. The van der Waals surface area contributed by atoms with Crippen LogP contribution in [0.15, 0.2) is 30.7 Å². The lowest BCUT2D eigenvalue weighted by molar-refractivity contribution is -0.150. The summed E-state index contributed by atoms with van der Waals surface area (Å²) in [6, 6.07) is 3.57. The quantitative estimate of drug-likeness (QED) is 0.794. The molecule has 118 valence electrons. The Kier molecular flexibility index (Phi) is 4.40. The fraction of sp³-hybridized carbons (Fsp3) is 0.500. The molecule has 2 aromatic heterocycles. The Morgan fingerprint density at radius 3 is 2.82 bits per heavy atom. The molecular formula is C16H22N4O2. The Bertz CT molecular complexity index is 646. The van der Waals surface area contributed by atoms with E-state index in [4.69, 9.17) is 4.74 Å². The number of carbonyl (C=O) groups is 1. The lowest BCUT2D eigenvalue weighted by Gasteiger charge is -2.36. The van der Waals surface area contributed by atoms with Crippen molar-refractivity contribution in [3.05, 3.63) is 36.3 Å². The van der Waals surface area contributed by atoms with Crippen LogP contribution in [0.4, 0.5) is 0 Å². The van der Waals surface area contributed by atoms with Crippen LogP contribution in [0.2, 0.25) is 0 Å². The van der Waals surface area contributed by atoms with Gasteiger partial charge in [0.25, 0.3) is 0 Å². The number of fused-ring (bicyclic) bond motifs is 1. The van der Waals surface area contributed by atoms with E-state index in [0.29, 0.717) is 6.61 Å². The van der Waals surface area contributed by atoms with Gasteiger partial charge in [-0.3, -0.25) is 4.90 Å². The number of hydrogen-bond acceptors (Lipinski definition) is 5. The van der Waals surface area contributed by atoms with E-state index in [-0.39, 0.29) is 12.0 Å². The first-order valence-electron chi connectivity index (χ1n) is 7.71. The molecule has 1 fully saturated rings. The van der Waals surface area contributed by atoms with Crippen molar-refractivity contribution in [1.82, 2.24) is 19.2 Å². The van der Waals surface area contributed by atoms with Crippen molar-refractivity contribution in [2.24, 2.45) is 0 Å². The number of pyridine rings is 1. The molecule has 2 aromatic rings. The summed E-state index contributed by atoms with van der Waals surface area (Å²) < 4.78 is 7.26. The van der Waals surface area contributed by atoms with Crippen molar-refractivity contribution in [1.29, 1.82) is 0 Å². The van der Waals surface area contributed by atoms with Gasteiger partial charge in [0.15, 0.2) is 0 Å². The third kappa shape index (κ3) is 2.98. The van der Waals surface area contributed by atoms with Crippen LogP contribution in [0, 0.1) is 0 Å². The molecule has 0 aromatic carbocycles. The van der Waals surface area contributed by atoms with Gasteiger partial charge in [0.2, 0.25) is 0 Å². The van der Waals surface area contributed by atoms with Crippen molar-refractivity contribution in [3.63, 3.8) is 0 Å². The third-order valence-corrected chi connectivity index (χ3v) is 4.14. The number of piperazine rings is 1. The van der Waals surface area contributed by atoms with Crippen LogP contribution in [-0.4, -0.2) is 65.0 Å². The van der Waals surface area contributed by atoms with E-state index in [1.54, 1.807) is 6.20 Å². The maximum Gasteiger partial charge on any atom is 0.328 e. The van der Waals surface area contributed by atoms with E-state index in [1.807, 2.05) is 35.9 Å². The summed E-state index contributed by atoms with van der Waals surface area (Å²) in [7, 11) is 2.11. The number of carbonyl (C=O) groups excluding carboxylic acids is 1. The Morgan fingerprint density at radius 2 is 2.09 bits per heavy atom. The van der Waals surface area contributed by atoms with E-state index in [1.165, 1.54) is 0 Å². The first-order valence-corrected chi connectivity index (χ1v) is 7.71. The molecule has 0 spiro atoms. The molecule has 1 unspecified atom stereocenters. The number of imidazole rings is 1. The molecule has 6 nitrogen and oxygen atoms in total. The second kappa shape index (κ2) is 6.46. The van der Waals surface area contributed by atoms with Crippen molar-refractivity contribution in [2.45, 2.75) is 13.0 Å². The average molecular weight is 302 g/mol. The molecule has 1 atom stereocenters. The third-order valence-electron chi connectivity index (χ3n) is 4.14. The SMILES string of the molecule is CCOC(=O)C(c1ccc2nccn2c1)N1CCN(C)CC1. The molecule has 0 N–H and O–H groups in total. The van der Waals surface area contributed by atoms with Gasteiger partial charge in [-0.1, -0.05) is 6.07 Å². The summed E-state index contributed by atoms with van der Waals surface area (Å²) in [6.45, 7) is 5.89. The van der Waals surface area contributed by atoms with Crippen LogP contribution in [0.25, 0.3) is 5.65 Å². The molecular weight excluding hydrogens is 280 g/mol. The monoisotopic (exact) mass is 302 g/mol. The minimum absolute atomic E-state index is 0.175. The van der Waals surface area contributed by atoms with Crippen LogP contribution in [-0.2, 0) is 9.53 Å². The Morgan fingerprint density at radius 1 is 1.32 bits per heavy atom. The molecule has 3 rings (SSSR count). The molecule has 0 amide bonds. The highest BCUT2D eigenvalue weighted by atomic mass is 16.5. The maximum absolute atomic E-state index is 12.5. The van der Waals surface area contributed by atoms with Crippen molar-refractivity contribution in [2.75, 3.05) is 39.8 Å². The number of rotatable bonds is 4. The standard InChI is InChI=1S/C16H22N4O2/c1-3-22-16(21)15(19-10-8-18(2)9-11-19)13-4-5-14-17-6-7-20(14)12-13/h4-7,12,15H,3,8-11H2,1-2H3. The zero-order valence-electron chi connectivity index (χ0n) is 13.1. The summed E-state index contributed by atoms with van der Waals surface area (Å²) in [6.07, 6.45) is 5.63. The van der Waals surface area contributed by atoms with Gasteiger partial charge in [0, 0.05) is 44.8 Å². The predicted molar refractivity (Wildman–Crippen MR) is 83.6 cm³/mol. The zero-order chi connectivity index (χ0) is 15.5. The molecule has 0 bridgehead atoms. The lowest BCUT2D eigenvalue weighted by atomic mass is 10.1. The van der Waals surface area contributed by atoms with E-state index >= 15 is 0 Å². The number of esters is 1. The van der Waals surface area contributed by atoms with Crippen LogP contribution in [0.3, 0.4) is 0 Å². The van der Waals surface area contributed by atoms with Crippen LogP contribution < -0.4 is 0 Å². The normalized spacial score (nSPS) is 18.5. The second-order valence-electron chi connectivity index (χ2n) is 5.65. The number of aromatic nitrogens is 2. The number of ether oxygens (including phenoxy) is 1. The summed E-state index contributed by atoms with van der Waals surface area (Å²) in [5.41, 5.74) is 1.83. The first-order chi connectivity index (χ1) is 10.7. The van der Waals surface area contributed by atoms with Gasteiger partial charge in [-0.15, -0.1) is 0 Å². The van der Waals surface area contributed by atoms with Crippen molar-refractivity contribution in [3.8, 4) is 0 Å². The summed E-state index contributed by atoms with van der Waals surface area (Å²) in [5, 5.41) is 0. The van der Waals surface area contributed by atoms with Gasteiger partial charge in [-0.2, -0.15) is 0 Å². The maximum atomic E-state index is 12.5. The molecule has 0 saturated carbocycles. The van der Waals surface area contributed by atoms with E-state index in [2.05, 4.69) is 21.8 Å². The van der Waals surface area contributed by atoms with E-state index in [0.717, 1.165) is 37.4 Å². The van der Waals surface area contributed by atoms with E-state index < -0.39 is 0 Å². The van der Waals surface area contributed by atoms with Crippen LogP contribution in [0.5, 0.6) is 0 Å². The Hall–Kier alpha value is -1.92. The smallest absolute Gasteiger partial charge is 0.328 e. The molecule has 0 aliphatic carbocycles. The van der Waals surface area contributed by atoms with Gasteiger partial charge >= 0.3 is 5.97 Å². The van der Waals surface area contributed by atoms with Crippen molar-refractivity contribution >= 4 is 11.6 Å². The molecule has 22 heavy (non-hydrogen) atoms. The fourth-order valence-corrected chi connectivity index (χ4v) is 2.90. The van der Waals surface area contributed by atoms with E-state index in [9.17, 15) is 4.79 Å². The Labute approximate surface area is 130 Å². The zero-order valence-corrected chi connectivity index (χ0v) is 13.1. The molecule has 1 aliphatic heterocycles. The van der Waals surface area contributed by atoms with Gasteiger partial charge in [0.05, 0.1) is 6.61 Å². The topological polar surface area (TPSA) is 50.1 Å². The van der Waals surface area contributed by atoms with Crippen LogP contribution >= 0.6 is 0 Å². The fourth-order valence-electron chi connectivity index (χ4n) is 2.90. The average Bonchev–Trinajstić information content (AvgIpc) is 2.97. The molecule has 3 heterocycles. The first kappa shape index (κ1) is 15.0. The molecule has 6 heteroatoms. The van der Waals surface area contributed by atoms with Gasteiger partial charge in [-0.05, 0) is 25.6 Å². The van der Waals surface area contributed by atoms with Crippen LogP contribution in [0.1, 0.15) is 18.5 Å². The van der Waals surface area contributed by atoms with Gasteiger partial charge < -0.3 is 14.0 Å². The number of likely N-dealkylation sites (N-methyl/N-ethyl adjacent to an activating group) is 1. The molecule has 0 radical (unpaired) electrons. The largest absolute Gasteiger partial charge is 0.465 e. The summed E-state index contributed by atoms with van der Waals surface area (Å²) in [5.74, 6) is -0.175. The summed E-state index contributed by atoms with van der Waals surface area (Å²) >= 11 is 0. The number of nitrogens with zero attached hydrogens (tertiary/aromatic N) is 4. The predicted octanol–water partition coefficient (Wildman–Crippen LogP) is 1.19. The van der Waals surface area contributed by atoms with Gasteiger partial charge in [-0.25, -0.2) is 9.78 Å². The molecule has 1 aliphatic rings. The Balaban J connectivity index is 1.91. The highest BCUT2D eigenvalue weighted by Gasteiger charge is 2.31. The number of hydrogen-bond donors (Lipinski definition) is 0. The second-order valence-corrected chi connectivity index (χ2v) is 5.65. The lowest BCUT2D eigenvalue weighted by Crippen LogP contribution is -2.48. The highest BCUT2D eigenvalue weighted by Crippen LogP contribution is 2.24. The summed E-state index contributed by atoms with van der Waals surface area (Å²) in [4.78, 5) is 21.2. The van der Waals surface area contributed by atoms with Gasteiger partial charge in [0.1, 0.15) is 11.7 Å². The highest BCUT2D eigenvalue weighted by molar-refractivity contribution is 5.77. The van der Waals surface area contributed by atoms with Crippen molar-refractivity contribution < 1.29 is 9.53 Å². The minimum atomic E-state index is -0.347. The minimum Gasteiger partial charge on any atom is -0.465 e.